The van der Waals surface area contributed by atoms with E-state index in [1.807, 2.05) is 5.43 Å². The summed E-state index contributed by atoms with van der Waals surface area (Å²) in [5.41, 5.74) is 1.08. The van der Waals surface area contributed by atoms with Crippen LogP contribution in [0.2, 0.25) is 0 Å². The van der Waals surface area contributed by atoms with Crippen molar-refractivity contribution < 1.29 is 27.4 Å². The number of rotatable bonds is 5. The molecule has 106 valence electrons. The predicted molar refractivity (Wildman–Crippen MR) is 60.1 cm³/mol. The number of carbonyl (C=O) groups excluding carboxylic acids is 1. The minimum absolute atomic E-state index is 0.0793. The van der Waals surface area contributed by atoms with Gasteiger partial charge in [-0.3, -0.25) is 10.2 Å². The fourth-order valence-corrected chi connectivity index (χ4v) is 1.29. The lowest BCUT2D eigenvalue weighted by Gasteiger charge is -2.17. The van der Waals surface area contributed by atoms with Crippen LogP contribution < -0.4 is 16.0 Å². The van der Waals surface area contributed by atoms with Gasteiger partial charge in [-0.1, -0.05) is 0 Å². The number of benzene rings is 1. The van der Waals surface area contributed by atoms with E-state index in [0.29, 0.717) is 0 Å². The van der Waals surface area contributed by atoms with Crippen molar-refractivity contribution in [1.29, 1.82) is 0 Å². The first-order valence-corrected chi connectivity index (χ1v) is 5.21. The number of hydrazine groups is 1. The van der Waals surface area contributed by atoms with Crippen molar-refractivity contribution in [2.24, 2.45) is 5.84 Å². The van der Waals surface area contributed by atoms with Crippen LogP contribution in [0.1, 0.15) is 5.56 Å². The minimum atomic E-state index is -4.42. The van der Waals surface area contributed by atoms with E-state index in [9.17, 15) is 18.0 Å². The number of nitrogens with one attached hydrogen (secondary N) is 1. The van der Waals surface area contributed by atoms with Gasteiger partial charge in [0.1, 0.15) is 5.75 Å². The molecule has 5 nitrogen and oxygen atoms in total. The molecular weight excluding hydrogens is 265 g/mol. The molecule has 1 atom stereocenters. The number of halogens is 3. The van der Waals surface area contributed by atoms with Gasteiger partial charge in [0.2, 0.25) is 6.10 Å². The Morgan fingerprint density at radius 3 is 2.37 bits per heavy atom. The minimum Gasteiger partial charge on any atom is -0.478 e. The number of methoxy groups -OCH3 is 1. The Balaban J connectivity index is 2.78. The molecule has 0 aliphatic rings. The molecule has 8 heteroatoms. The van der Waals surface area contributed by atoms with E-state index < -0.39 is 23.8 Å². The third-order valence-corrected chi connectivity index (χ3v) is 2.21. The van der Waals surface area contributed by atoms with Gasteiger partial charge in [-0.25, -0.2) is 5.84 Å². The Kier molecular flexibility index (Phi) is 5.13. The molecule has 0 saturated carbocycles. The highest BCUT2D eigenvalue weighted by molar-refractivity contribution is 5.80. The van der Waals surface area contributed by atoms with Crippen LogP contribution in [0.3, 0.4) is 0 Å². The molecule has 1 amide bonds. The van der Waals surface area contributed by atoms with E-state index in [2.05, 4.69) is 0 Å². The van der Waals surface area contributed by atoms with Gasteiger partial charge in [0, 0.05) is 7.11 Å². The van der Waals surface area contributed by atoms with Crippen LogP contribution in [-0.4, -0.2) is 25.7 Å². The molecule has 3 N–H and O–H groups in total. The zero-order valence-corrected chi connectivity index (χ0v) is 10.0. The summed E-state index contributed by atoms with van der Waals surface area (Å²) in [6.07, 6.45) is -5.45. The predicted octanol–water partition coefficient (Wildman–Crippen LogP) is 1.09. The number of ether oxygens (including phenoxy) is 2. The van der Waals surface area contributed by atoms with Gasteiger partial charge >= 0.3 is 6.18 Å². The maximum Gasteiger partial charge on any atom is 0.416 e. The maximum absolute atomic E-state index is 12.3. The van der Waals surface area contributed by atoms with Crippen molar-refractivity contribution in [2.75, 3.05) is 13.7 Å². The molecule has 0 saturated heterocycles. The topological polar surface area (TPSA) is 73.6 Å². The molecular formula is C11H13F3N2O3. The van der Waals surface area contributed by atoms with Crippen molar-refractivity contribution in [3.63, 3.8) is 0 Å². The molecule has 0 heterocycles. The van der Waals surface area contributed by atoms with E-state index in [0.717, 1.165) is 24.3 Å². The third-order valence-electron chi connectivity index (χ3n) is 2.21. The highest BCUT2D eigenvalue weighted by atomic mass is 19.4. The molecule has 0 aromatic heterocycles. The fraction of sp³-hybridized carbons (Fsp3) is 0.364. The molecule has 1 unspecified atom stereocenters. The largest absolute Gasteiger partial charge is 0.478 e. The maximum atomic E-state index is 12.3. The summed E-state index contributed by atoms with van der Waals surface area (Å²) < 4.78 is 47.0. The third kappa shape index (κ3) is 4.42. The summed E-state index contributed by atoms with van der Waals surface area (Å²) in [4.78, 5) is 11.3. The zero-order chi connectivity index (χ0) is 14.5. The molecule has 1 aromatic rings. The van der Waals surface area contributed by atoms with Crippen LogP contribution in [-0.2, 0) is 15.7 Å². The Bertz CT molecular complexity index is 420. The lowest BCUT2D eigenvalue weighted by atomic mass is 10.2. The first-order chi connectivity index (χ1) is 8.88. The second-order valence-corrected chi connectivity index (χ2v) is 3.59. The second-order valence-electron chi connectivity index (χ2n) is 3.59. The van der Waals surface area contributed by atoms with Gasteiger partial charge in [-0.15, -0.1) is 0 Å². The molecule has 0 bridgehead atoms. The van der Waals surface area contributed by atoms with Crippen molar-refractivity contribution >= 4 is 5.91 Å². The van der Waals surface area contributed by atoms with Gasteiger partial charge in [-0.2, -0.15) is 13.2 Å². The first kappa shape index (κ1) is 15.3. The SMILES string of the molecule is COCC(Oc1ccc(C(F)(F)F)cc1)C(=O)NN. The van der Waals surface area contributed by atoms with E-state index in [1.165, 1.54) is 7.11 Å². The molecule has 0 radical (unpaired) electrons. The molecule has 0 spiro atoms. The number of nitrogens with two attached hydrogens (primary N) is 1. The summed E-state index contributed by atoms with van der Waals surface area (Å²) in [7, 11) is 1.35. The van der Waals surface area contributed by atoms with E-state index >= 15 is 0 Å². The Labute approximate surface area is 107 Å². The van der Waals surface area contributed by atoms with Gasteiger partial charge in [0.05, 0.1) is 12.2 Å². The van der Waals surface area contributed by atoms with E-state index in [1.54, 1.807) is 0 Å². The van der Waals surface area contributed by atoms with Gasteiger partial charge in [0.25, 0.3) is 5.91 Å². The van der Waals surface area contributed by atoms with Crippen molar-refractivity contribution in [3.8, 4) is 5.75 Å². The van der Waals surface area contributed by atoms with Crippen LogP contribution in [0.4, 0.5) is 13.2 Å². The van der Waals surface area contributed by atoms with Crippen molar-refractivity contribution in [2.45, 2.75) is 12.3 Å². The first-order valence-electron chi connectivity index (χ1n) is 5.21. The normalized spacial score (nSPS) is 12.9. The number of alkyl halides is 3. The quantitative estimate of drug-likeness (QED) is 0.480. The summed E-state index contributed by atoms with van der Waals surface area (Å²) in [6.45, 7) is -0.0793. The van der Waals surface area contributed by atoms with E-state index in [4.69, 9.17) is 15.3 Å². The van der Waals surface area contributed by atoms with Crippen LogP contribution in [0.5, 0.6) is 5.75 Å². The lowest BCUT2D eigenvalue weighted by molar-refractivity contribution is -0.137. The smallest absolute Gasteiger partial charge is 0.416 e. The number of hydrogen-bond donors (Lipinski definition) is 2. The number of carbonyl (C=O) groups is 1. The van der Waals surface area contributed by atoms with Gasteiger partial charge in [-0.05, 0) is 24.3 Å². The standard InChI is InChI=1S/C11H13F3N2O3/c1-18-6-9(10(17)16-15)19-8-4-2-7(3-5-8)11(12,13)14/h2-5,9H,6,15H2,1H3,(H,16,17). The van der Waals surface area contributed by atoms with E-state index in [-0.39, 0.29) is 12.4 Å². The fourth-order valence-electron chi connectivity index (χ4n) is 1.29. The van der Waals surface area contributed by atoms with Crippen LogP contribution in [0.25, 0.3) is 0 Å². The second kappa shape index (κ2) is 6.39. The average molecular weight is 278 g/mol. The molecule has 1 rings (SSSR count). The molecule has 0 fully saturated rings. The lowest BCUT2D eigenvalue weighted by Crippen LogP contribution is -2.44. The number of amides is 1. The summed E-state index contributed by atoms with van der Waals surface area (Å²) >= 11 is 0. The van der Waals surface area contributed by atoms with Gasteiger partial charge in [0.15, 0.2) is 0 Å². The highest BCUT2D eigenvalue weighted by Gasteiger charge is 2.30. The van der Waals surface area contributed by atoms with Gasteiger partial charge < -0.3 is 9.47 Å². The van der Waals surface area contributed by atoms with Crippen molar-refractivity contribution in [3.05, 3.63) is 29.8 Å². The van der Waals surface area contributed by atoms with Crippen molar-refractivity contribution in [1.82, 2.24) is 5.43 Å². The summed E-state index contributed by atoms with van der Waals surface area (Å²) in [6, 6.07) is 3.96. The Hall–Kier alpha value is -1.80. The molecule has 0 aliphatic heterocycles. The van der Waals surface area contributed by atoms with Crippen LogP contribution >= 0.6 is 0 Å². The molecule has 19 heavy (non-hydrogen) atoms. The average Bonchev–Trinajstić information content (AvgIpc) is 2.37. The summed E-state index contributed by atoms with van der Waals surface area (Å²) in [5, 5.41) is 0. The monoisotopic (exact) mass is 278 g/mol. The number of hydrogen-bond acceptors (Lipinski definition) is 4. The Morgan fingerprint density at radius 1 is 1.37 bits per heavy atom. The highest BCUT2D eigenvalue weighted by Crippen LogP contribution is 2.30. The Morgan fingerprint density at radius 2 is 1.95 bits per heavy atom. The zero-order valence-electron chi connectivity index (χ0n) is 10.0. The molecule has 0 aliphatic carbocycles. The van der Waals surface area contributed by atoms with Crippen LogP contribution in [0, 0.1) is 0 Å². The van der Waals surface area contributed by atoms with Crippen LogP contribution in [0.15, 0.2) is 24.3 Å². The molecule has 1 aromatic carbocycles. The summed E-state index contributed by atoms with van der Waals surface area (Å²) in [5.74, 6) is 4.43.